The molecule has 1 unspecified atom stereocenters. The number of carboxylic acid groups (broad SMARTS) is 1. The molecule has 11 nitrogen and oxygen atoms in total. The van der Waals surface area contributed by atoms with Crippen molar-refractivity contribution in [2.75, 3.05) is 19.4 Å². The number of thiophene rings is 1. The Balaban J connectivity index is 1.79. The van der Waals surface area contributed by atoms with Crippen LogP contribution >= 0.6 is 22.9 Å². The highest BCUT2D eigenvalue weighted by Gasteiger charge is 2.46. The van der Waals surface area contributed by atoms with Gasteiger partial charge in [0.1, 0.15) is 17.3 Å². The lowest BCUT2D eigenvalue weighted by molar-refractivity contribution is -0.141. The molecule has 0 bridgehead atoms. The van der Waals surface area contributed by atoms with E-state index in [1.165, 1.54) is 54.6 Å². The third-order valence-corrected chi connectivity index (χ3v) is 6.72. The summed E-state index contributed by atoms with van der Waals surface area (Å²) in [5.41, 5.74) is 0.0154. The number of hydrogen-bond donors (Lipinski definition) is 2. The Morgan fingerprint density at radius 3 is 2.58 bits per heavy atom. The second-order valence-corrected chi connectivity index (χ2v) is 9.84. The van der Waals surface area contributed by atoms with Gasteiger partial charge in [-0.15, -0.1) is 11.3 Å². The summed E-state index contributed by atoms with van der Waals surface area (Å²) in [4.78, 5) is 52.7. The average molecular weight is 527 g/mol. The fourth-order valence-electron chi connectivity index (χ4n) is 3.70. The van der Waals surface area contributed by atoms with Crippen LogP contribution in [0.15, 0.2) is 36.4 Å². The zero-order valence-corrected chi connectivity index (χ0v) is 20.6. The summed E-state index contributed by atoms with van der Waals surface area (Å²) in [6.45, 7) is 0.212. The molecule has 1 fully saturated rings. The van der Waals surface area contributed by atoms with E-state index in [0.717, 1.165) is 14.5 Å². The molecule has 3 amide bonds. The number of rotatable bonds is 6. The van der Waals surface area contributed by atoms with Gasteiger partial charge in [0.15, 0.2) is 5.82 Å². The van der Waals surface area contributed by atoms with Crippen LogP contribution in [0.1, 0.15) is 49.3 Å². The number of carbonyl (C=O) groups excluding carboxylic acids is 3. The van der Waals surface area contributed by atoms with E-state index in [9.17, 15) is 29.5 Å². The smallest absolute Gasteiger partial charge is 0.335 e. The van der Waals surface area contributed by atoms with Gasteiger partial charge < -0.3 is 15.3 Å². The number of benzene rings is 1. The van der Waals surface area contributed by atoms with Crippen LogP contribution in [0.2, 0.25) is 4.34 Å². The van der Waals surface area contributed by atoms with Crippen molar-refractivity contribution in [1.82, 2.24) is 19.6 Å². The number of carbonyl (C=O) groups is 4. The molecule has 1 atom stereocenters. The van der Waals surface area contributed by atoms with Gasteiger partial charge in [-0.05, 0) is 30.3 Å². The first-order valence-electron chi connectivity index (χ1n) is 10.5. The molecule has 1 saturated heterocycles. The fraction of sp³-hybridized carbons (Fsp3) is 0.217. The predicted molar refractivity (Wildman–Crippen MR) is 130 cm³/mol. The Morgan fingerprint density at radius 1 is 1.28 bits per heavy atom. The number of imide groups is 1. The van der Waals surface area contributed by atoms with Crippen LogP contribution in [-0.4, -0.2) is 62.6 Å². The molecule has 1 aliphatic rings. The number of anilines is 1. The molecule has 184 valence electrons. The van der Waals surface area contributed by atoms with Crippen molar-refractivity contribution < 1.29 is 24.3 Å². The summed E-state index contributed by atoms with van der Waals surface area (Å²) in [7, 11) is 2.99. The van der Waals surface area contributed by atoms with Crippen LogP contribution in [0.5, 0.6) is 0 Å². The maximum Gasteiger partial charge on any atom is 0.335 e. The largest absolute Gasteiger partial charge is 0.478 e. The zero-order chi connectivity index (χ0) is 26.1. The number of urea groups is 1. The van der Waals surface area contributed by atoms with E-state index in [-0.39, 0.29) is 41.2 Å². The Hall–Kier alpha value is -4.21. The number of aromatic carboxylic acids is 1. The Kier molecular flexibility index (Phi) is 6.78. The normalized spacial score (nSPS) is 14.7. The minimum absolute atomic E-state index is 0.00514. The summed E-state index contributed by atoms with van der Waals surface area (Å²) in [5.74, 6) is -2.27. The lowest BCUT2D eigenvalue weighted by Crippen LogP contribution is -2.53. The van der Waals surface area contributed by atoms with Gasteiger partial charge in [-0.25, -0.2) is 9.59 Å². The summed E-state index contributed by atoms with van der Waals surface area (Å²) < 4.78 is 1.53. The Labute approximate surface area is 214 Å². The first-order valence-corrected chi connectivity index (χ1v) is 11.7. The molecule has 0 radical (unpaired) electrons. The first-order chi connectivity index (χ1) is 17.1. The van der Waals surface area contributed by atoms with Gasteiger partial charge in [-0.1, -0.05) is 17.7 Å². The maximum atomic E-state index is 13.4. The number of carboxylic acids is 1. The quantitative estimate of drug-likeness (QED) is 0.464. The molecular weight excluding hydrogens is 508 g/mol. The summed E-state index contributed by atoms with van der Waals surface area (Å²) in [6, 6.07) is 9.53. The zero-order valence-electron chi connectivity index (χ0n) is 19.1. The molecule has 0 saturated carbocycles. The number of nitrogens with one attached hydrogen (secondary N) is 1. The number of hydrogen-bond acceptors (Lipinski definition) is 8. The van der Waals surface area contributed by atoms with Crippen molar-refractivity contribution in [3.63, 3.8) is 0 Å². The molecule has 4 rings (SSSR count). The third-order valence-electron chi connectivity index (χ3n) is 5.48. The number of aromatic nitrogens is 2. The van der Waals surface area contributed by atoms with Crippen molar-refractivity contribution in [2.45, 2.75) is 19.0 Å². The number of β-lactam (4-membered cyclic amide) rings is 1. The van der Waals surface area contributed by atoms with Crippen LogP contribution in [-0.2, 0) is 11.3 Å². The Morgan fingerprint density at radius 2 is 2.00 bits per heavy atom. The first kappa shape index (κ1) is 24.9. The van der Waals surface area contributed by atoms with Crippen molar-refractivity contribution in [2.24, 2.45) is 0 Å². The van der Waals surface area contributed by atoms with Gasteiger partial charge in [0, 0.05) is 24.5 Å². The van der Waals surface area contributed by atoms with E-state index in [2.05, 4.69) is 10.4 Å². The predicted octanol–water partition coefficient (Wildman–Crippen LogP) is 3.42. The highest BCUT2D eigenvalue weighted by Crippen LogP contribution is 2.38. The molecule has 36 heavy (non-hydrogen) atoms. The molecule has 0 spiro atoms. The van der Waals surface area contributed by atoms with Crippen LogP contribution in [0.25, 0.3) is 0 Å². The second-order valence-electron chi connectivity index (χ2n) is 8.04. The van der Waals surface area contributed by atoms with Gasteiger partial charge in [0.25, 0.3) is 5.91 Å². The van der Waals surface area contributed by atoms with Gasteiger partial charge in [-0.2, -0.15) is 15.0 Å². The van der Waals surface area contributed by atoms with Crippen LogP contribution in [0.3, 0.4) is 0 Å². The SMILES string of the molecule is CN(C)C(=O)N1C(=O)CC1c1nn(C(=O)c2cccc(C(=O)O)c2)c(NCc2ccc(Cl)s2)c1C#N. The van der Waals surface area contributed by atoms with E-state index in [1.54, 1.807) is 12.1 Å². The number of likely N-dealkylation sites (tertiary alicyclic amines) is 1. The van der Waals surface area contributed by atoms with Crippen LogP contribution in [0.4, 0.5) is 10.6 Å². The highest BCUT2D eigenvalue weighted by molar-refractivity contribution is 7.16. The third kappa shape index (κ3) is 4.53. The minimum atomic E-state index is -1.21. The monoisotopic (exact) mass is 526 g/mol. The lowest BCUT2D eigenvalue weighted by Gasteiger charge is -2.38. The van der Waals surface area contributed by atoms with Crippen LogP contribution < -0.4 is 5.32 Å². The van der Waals surface area contributed by atoms with Gasteiger partial charge in [0.05, 0.1) is 28.9 Å². The fourth-order valence-corrected chi connectivity index (χ4v) is 4.73. The summed E-state index contributed by atoms with van der Waals surface area (Å²) in [6.07, 6.45) is -0.0616. The van der Waals surface area contributed by atoms with E-state index in [0.29, 0.717) is 4.34 Å². The van der Waals surface area contributed by atoms with E-state index in [1.807, 2.05) is 6.07 Å². The van der Waals surface area contributed by atoms with Crippen molar-refractivity contribution >= 4 is 52.6 Å². The maximum absolute atomic E-state index is 13.4. The molecule has 13 heteroatoms. The molecule has 1 aliphatic heterocycles. The standard InChI is InChI=1S/C23H19ClN6O5S/c1-28(2)23(35)29-16(9-18(29)31)19-15(10-25)20(26-11-14-6-7-17(24)36-14)30(27-19)21(32)12-4-3-5-13(8-12)22(33)34/h3-8,16,26H,9,11H2,1-2H3,(H,33,34). The summed E-state index contributed by atoms with van der Waals surface area (Å²) >= 11 is 7.32. The average Bonchev–Trinajstić information content (AvgIpc) is 3.42. The van der Waals surface area contributed by atoms with Crippen LogP contribution in [0, 0.1) is 11.3 Å². The Bertz CT molecular complexity index is 1440. The van der Waals surface area contributed by atoms with Gasteiger partial charge in [-0.3, -0.25) is 14.5 Å². The van der Waals surface area contributed by atoms with E-state index >= 15 is 0 Å². The topological polar surface area (TPSA) is 149 Å². The van der Waals surface area contributed by atoms with Gasteiger partial charge in [0.2, 0.25) is 5.91 Å². The molecule has 3 heterocycles. The summed E-state index contributed by atoms with van der Waals surface area (Å²) in [5, 5.41) is 26.7. The molecule has 1 aromatic carbocycles. The molecule has 3 aromatic rings. The highest BCUT2D eigenvalue weighted by atomic mass is 35.5. The second kappa shape index (κ2) is 9.80. The molecule has 0 aliphatic carbocycles. The minimum Gasteiger partial charge on any atom is -0.478 e. The van der Waals surface area contributed by atoms with Gasteiger partial charge >= 0.3 is 12.0 Å². The van der Waals surface area contributed by atoms with Crippen molar-refractivity contribution in [3.05, 3.63) is 68.0 Å². The lowest BCUT2D eigenvalue weighted by atomic mass is 9.96. The number of halogens is 1. The van der Waals surface area contributed by atoms with Crippen molar-refractivity contribution in [3.8, 4) is 6.07 Å². The number of amides is 3. The van der Waals surface area contributed by atoms with Crippen molar-refractivity contribution in [1.29, 1.82) is 5.26 Å². The van der Waals surface area contributed by atoms with E-state index < -0.39 is 29.9 Å². The number of nitriles is 1. The molecule has 2 N–H and O–H groups in total. The van der Waals surface area contributed by atoms with E-state index in [4.69, 9.17) is 11.6 Å². The molecule has 2 aromatic heterocycles. The molecular formula is C23H19ClN6O5S. The number of nitrogens with zero attached hydrogens (tertiary/aromatic N) is 5.